The van der Waals surface area contributed by atoms with Crippen molar-refractivity contribution in [3.05, 3.63) is 97.5 Å². The number of hydrogen-bond acceptors (Lipinski definition) is 7. The standard InChI is InChI=1S/C23H22ClN5O6/c1-13(2)29-22(32)26-21(28(23(29)33)12-14-3-5-15(24)6-4-14)25-16-7-9-17(10-8-16)34-19-11-18(20(30)31)35-27-19/h3-11,13,19,27H,12H2,1-2H3,(H,30,31)(H,25,26,32). The number of halogens is 1. The van der Waals surface area contributed by atoms with Crippen LogP contribution in [0.2, 0.25) is 5.02 Å². The second-order valence-corrected chi connectivity index (χ2v) is 8.35. The van der Waals surface area contributed by atoms with E-state index in [0.29, 0.717) is 16.5 Å². The Morgan fingerprint density at radius 3 is 2.46 bits per heavy atom. The number of aromatic amines is 1. The van der Waals surface area contributed by atoms with Gasteiger partial charge in [0.2, 0.25) is 17.6 Å². The van der Waals surface area contributed by atoms with E-state index >= 15 is 0 Å². The van der Waals surface area contributed by atoms with Gasteiger partial charge in [0.05, 0.1) is 12.2 Å². The third-order valence-electron chi connectivity index (χ3n) is 5.03. The summed E-state index contributed by atoms with van der Waals surface area (Å²) in [4.78, 5) is 48.7. The molecule has 35 heavy (non-hydrogen) atoms. The van der Waals surface area contributed by atoms with E-state index in [-0.39, 0.29) is 24.0 Å². The first-order chi connectivity index (χ1) is 16.7. The van der Waals surface area contributed by atoms with Crippen molar-refractivity contribution in [2.75, 3.05) is 0 Å². The van der Waals surface area contributed by atoms with Crippen LogP contribution in [0.5, 0.6) is 5.75 Å². The third kappa shape index (κ3) is 5.53. The molecule has 2 heterocycles. The minimum absolute atomic E-state index is 0.0837. The van der Waals surface area contributed by atoms with Gasteiger partial charge in [0.1, 0.15) is 5.75 Å². The molecule has 3 aromatic rings. The summed E-state index contributed by atoms with van der Waals surface area (Å²) in [5.74, 6) is -1.05. The van der Waals surface area contributed by atoms with Crippen LogP contribution in [0, 0.1) is 0 Å². The highest BCUT2D eigenvalue weighted by Crippen LogP contribution is 2.20. The first-order valence-corrected chi connectivity index (χ1v) is 11.0. The van der Waals surface area contributed by atoms with Gasteiger partial charge in [0.15, 0.2) is 0 Å². The van der Waals surface area contributed by atoms with Gasteiger partial charge < -0.3 is 14.7 Å². The van der Waals surface area contributed by atoms with Crippen LogP contribution >= 0.6 is 11.6 Å². The summed E-state index contributed by atoms with van der Waals surface area (Å²) in [6, 6.07) is 13.2. The highest BCUT2D eigenvalue weighted by atomic mass is 35.5. The zero-order chi connectivity index (χ0) is 25.1. The Bertz CT molecular complexity index is 1450. The van der Waals surface area contributed by atoms with Crippen LogP contribution in [0.25, 0.3) is 0 Å². The molecule has 1 atom stereocenters. The lowest BCUT2D eigenvalue weighted by atomic mass is 10.2. The molecule has 0 bridgehead atoms. The van der Waals surface area contributed by atoms with Crippen molar-refractivity contribution in [2.24, 2.45) is 4.99 Å². The predicted molar refractivity (Wildman–Crippen MR) is 126 cm³/mol. The number of hydroxylamine groups is 1. The lowest BCUT2D eigenvalue weighted by Crippen LogP contribution is -2.50. The van der Waals surface area contributed by atoms with Gasteiger partial charge in [-0.25, -0.2) is 23.9 Å². The molecule has 0 aliphatic carbocycles. The molecule has 0 saturated carbocycles. The molecule has 0 fully saturated rings. The lowest BCUT2D eigenvalue weighted by Gasteiger charge is -2.13. The van der Waals surface area contributed by atoms with E-state index < -0.39 is 23.6 Å². The average Bonchev–Trinajstić information content (AvgIpc) is 3.27. The summed E-state index contributed by atoms with van der Waals surface area (Å²) in [5, 5.41) is 9.50. The average molecular weight is 500 g/mol. The molecule has 182 valence electrons. The van der Waals surface area contributed by atoms with Gasteiger partial charge in [-0.05, 0) is 55.8 Å². The number of carbonyl (C=O) groups is 1. The fraction of sp³-hybridized carbons (Fsp3) is 0.217. The van der Waals surface area contributed by atoms with E-state index in [4.69, 9.17) is 26.3 Å². The molecule has 11 nitrogen and oxygen atoms in total. The van der Waals surface area contributed by atoms with Crippen LogP contribution in [0.15, 0.2) is 74.9 Å². The summed E-state index contributed by atoms with van der Waals surface area (Å²) >= 11 is 5.97. The van der Waals surface area contributed by atoms with Crippen LogP contribution < -0.4 is 27.2 Å². The molecule has 1 aliphatic heterocycles. The number of rotatable bonds is 7. The number of ether oxygens (including phenoxy) is 1. The molecule has 0 saturated heterocycles. The number of aromatic nitrogens is 3. The van der Waals surface area contributed by atoms with Crippen molar-refractivity contribution in [1.29, 1.82) is 0 Å². The van der Waals surface area contributed by atoms with Crippen molar-refractivity contribution >= 4 is 23.3 Å². The molecule has 3 N–H and O–H groups in total. The number of hydrogen-bond donors (Lipinski definition) is 3. The summed E-state index contributed by atoms with van der Waals surface area (Å²) < 4.78 is 8.12. The summed E-state index contributed by atoms with van der Waals surface area (Å²) in [6.45, 7) is 3.67. The number of carboxylic acids is 1. The highest BCUT2D eigenvalue weighted by molar-refractivity contribution is 6.30. The van der Waals surface area contributed by atoms with Crippen molar-refractivity contribution in [1.82, 2.24) is 19.6 Å². The molecule has 1 aliphatic rings. The van der Waals surface area contributed by atoms with Crippen molar-refractivity contribution in [2.45, 2.75) is 32.7 Å². The quantitative estimate of drug-likeness (QED) is 0.452. The number of carboxylic acid groups (broad SMARTS) is 1. The molecular weight excluding hydrogens is 478 g/mol. The lowest BCUT2D eigenvalue weighted by molar-refractivity contribution is -0.137. The molecule has 2 aromatic carbocycles. The van der Waals surface area contributed by atoms with Crippen molar-refractivity contribution in [3.8, 4) is 5.75 Å². The summed E-state index contributed by atoms with van der Waals surface area (Å²) in [5.41, 5.74) is 2.73. The Morgan fingerprint density at radius 2 is 1.86 bits per heavy atom. The summed E-state index contributed by atoms with van der Waals surface area (Å²) in [7, 11) is 0. The van der Waals surface area contributed by atoms with E-state index in [1.54, 1.807) is 62.4 Å². The molecule has 4 rings (SSSR count). The molecule has 0 radical (unpaired) electrons. The molecule has 0 spiro atoms. The van der Waals surface area contributed by atoms with Gasteiger partial charge in [0, 0.05) is 17.1 Å². The number of nitrogens with zero attached hydrogens (tertiary/aromatic N) is 3. The first kappa shape index (κ1) is 24.0. The van der Waals surface area contributed by atoms with Crippen LogP contribution in [0.4, 0.5) is 5.69 Å². The largest absolute Gasteiger partial charge is 0.475 e. The minimum Gasteiger partial charge on any atom is -0.475 e. The minimum atomic E-state index is -1.21. The van der Waals surface area contributed by atoms with Crippen LogP contribution in [0.3, 0.4) is 0 Å². The van der Waals surface area contributed by atoms with Crippen LogP contribution in [0.1, 0.15) is 25.5 Å². The van der Waals surface area contributed by atoms with E-state index in [1.165, 1.54) is 10.6 Å². The van der Waals surface area contributed by atoms with Crippen molar-refractivity contribution < 1.29 is 19.5 Å². The summed E-state index contributed by atoms with van der Waals surface area (Å²) in [6.07, 6.45) is 0.514. The Morgan fingerprint density at radius 1 is 1.17 bits per heavy atom. The monoisotopic (exact) mass is 499 g/mol. The third-order valence-corrected chi connectivity index (χ3v) is 5.29. The normalized spacial score (nSPS) is 15.7. The number of H-pyrrole nitrogens is 1. The molecular formula is C23H22ClN5O6. The van der Waals surface area contributed by atoms with Gasteiger partial charge in [-0.3, -0.25) is 9.55 Å². The van der Waals surface area contributed by atoms with Gasteiger partial charge in [0.25, 0.3) is 0 Å². The van der Waals surface area contributed by atoms with E-state index in [0.717, 1.165) is 10.1 Å². The Hall–Kier alpha value is -4.09. The number of aliphatic carboxylic acids is 1. The molecule has 1 aromatic heterocycles. The van der Waals surface area contributed by atoms with Crippen LogP contribution in [-0.2, 0) is 16.2 Å². The van der Waals surface area contributed by atoms with Gasteiger partial charge in [-0.1, -0.05) is 23.7 Å². The van der Waals surface area contributed by atoms with Gasteiger partial charge in [-0.15, -0.1) is 5.48 Å². The fourth-order valence-corrected chi connectivity index (χ4v) is 3.48. The number of benzene rings is 2. The smallest absolute Gasteiger partial charge is 0.373 e. The Labute approximate surface area is 203 Å². The molecule has 12 heteroatoms. The molecule has 1 unspecified atom stereocenters. The highest BCUT2D eigenvalue weighted by Gasteiger charge is 2.23. The van der Waals surface area contributed by atoms with E-state index in [9.17, 15) is 14.4 Å². The molecule has 0 amide bonds. The maximum Gasteiger partial charge on any atom is 0.373 e. The number of nitrogens with one attached hydrogen (secondary N) is 2. The Kier molecular flexibility index (Phi) is 6.90. The Balaban J connectivity index is 1.68. The van der Waals surface area contributed by atoms with Crippen molar-refractivity contribution in [3.63, 3.8) is 0 Å². The zero-order valence-corrected chi connectivity index (χ0v) is 19.5. The van der Waals surface area contributed by atoms with Gasteiger partial charge in [-0.2, -0.15) is 0 Å². The second kappa shape index (κ2) is 10.0. The SMILES string of the molecule is CC(C)n1c(=O)[nH]/c(=N\c2ccc(OC3C=C(C(=O)O)ON3)cc2)n(Cc2ccc(Cl)cc2)c1=O. The maximum absolute atomic E-state index is 13.2. The van der Waals surface area contributed by atoms with E-state index in [1.807, 2.05) is 0 Å². The fourth-order valence-electron chi connectivity index (χ4n) is 3.36. The van der Waals surface area contributed by atoms with E-state index in [2.05, 4.69) is 15.5 Å². The first-order valence-electron chi connectivity index (χ1n) is 10.6. The zero-order valence-electron chi connectivity index (χ0n) is 18.8. The predicted octanol–water partition coefficient (Wildman–Crippen LogP) is 2.06. The van der Waals surface area contributed by atoms with Crippen LogP contribution in [-0.4, -0.2) is 31.4 Å². The topological polar surface area (TPSA) is 140 Å². The van der Waals surface area contributed by atoms with Gasteiger partial charge >= 0.3 is 17.3 Å². The second-order valence-electron chi connectivity index (χ2n) is 7.91. The maximum atomic E-state index is 13.2.